The molecule has 37 heavy (non-hydrogen) atoms. The summed E-state index contributed by atoms with van der Waals surface area (Å²) >= 11 is 0. The number of hydrogen-bond acceptors (Lipinski definition) is 7. The van der Waals surface area contributed by atoms with Crippen LogP contribution >= 0.6 is 0 Å². The van der Waals surface area contributed by atoms with Gasteiger partial charge in [-0.15, -0.1) is 0 Å². The van der Waals surface area contributed by atoms with E-state index in [0.717, 1.165) is 35.6 Å². The lowest BCUT2D eigenvalue weighted by molar-refractivity contribution is 0.638. The van der Waals surface area contributed by atoms with Gasteiger partial charge in [0.1, 0.15) is 16.9 Å². The number of rotatable bonds is 6. The van der Waals surface area contributed by atoms with Gasteiger partial charge in [-0.25, -0.2) is 14.4 Å². The van der Waals surface area contributed by atoms with Crippen LogP contribution in [0.15, 0.2) is 61.9 Å². The van der Waals surface area contributed by atoms with Gasteiger partial charge in [-0.1, -0.05) is 6.58 Å². The Morgan fingerprint density at radius 2 is 1.95 bits per heavy atom. The van der Waals surface area contributed by atoms with Crippen LogP contribution in [0.25, 0.3) is 50.4 Å². The molecule has 6 aromatic rings. The minimum atomic E-state index is -0.509. The summed E-state index contributed by atoms with van der Waals surface area (Å²) in [6, 6.07) is 1.82. The average molecular weight is 493 g/mol. The van der Waals surface area contributed by atoms with Crippen LogP contribution in [-0.4, -0.2) is 44.7 Å². The monoisotopic (exact) mass is 492 g/mol. The Balaban J connectivity index is 1.32. The number of aromatic nitrogens is 9. The maximum Gasteiger partial charge on any atom is 0.161 e. The second kappa shape index (κ2) is 8.05. The first-order valence-corrected chi connectivity index (χ1v) is 11.8. The van der Waals surface area contributed by atoms with Gasteiger partial charge in [0, 0.05) is 23.7 Å². The number of nitrogens with zero attached hydrogens (tertiary/aromatic N) is 7. The van der Waals surface area contributed by atoms with E-state index in [1.54, 1.807) is 37.3 Å². The summed E-state index contributed by atoms with van der Waals surface area (Å²) < 4.78 is 17.9. The van der Waals surface area contributed by atoms with Gasteiger partial charge in [-0.2, -0.15) is 5.10 Å². The summed E-state index contributed by atoms with van der Waals surface area (Å²) in [5.74, 6) is 0.392. The van der Waals surface area contributed by atoms with Gasteiger partial charge < -0.3 is 14.9 Å². The Hall–Kier alpha value is -4.93. The molecule has 6 heterocycles. The SMILES string of the molecule is C=C(Nc1cncc(-c2ncc3[nH]nc(-c4nc5c(-n6cnc(C)c6)cncc5[nH]4)c3c2F)c1)C1CC1. The van der Waals surface area contributed by atoms with E-state index in [1.807, 2.05) is 23.8 Å². The van der Waals surface area contributed by atoms with Gasteiger partial charge >= 0.3 is 0 Å². The molecule has 0 unspecified atom stereocenters. The average Bonchev–Trinajstić information content (AvgIpc) is 3.29. The van der Waals surface area contributed by atoms with Crippen LogP contribution in [0.4, 0.5) is 10.1 Å². The largest absolute Gasteiger partial charge is 0.358 e. The number of aryl methyl sites for hydroxylation is 1. The molecule has 6 aromatic heterocycles. The summed E-state index contributed by atoms with van der Waals surface area (Å²) in [5.41, 5.74) is 6.23. The molecule has 1 saturated carbocycles. The Morgan fingerprint density at radius 3 is 2.76 bits per heavy atom. The molecule has 0 saturated heterocycles. The first-order valence-electron chi connectivity index (χ1n) is 11.8. The first kappa shape index (κ1) is 21.4. The smallest absolute Gasteiger partial charge is 0.161 e. The third kappa shape index (κ3) is 3.63. The zero-order valence-electron chi connectivity index (χ0n) is 19.8. The Labute approximate surface area is 209 Å². The predicted molar refractivity (Wildman–Crippen MR) is 137 cm³/mol. The molecule has 7 rings (SSSR count). The van der Waals surface area contributed by atoms with Crippen molar-refractivity contribution in [1.82, 2.24) is 44.7 Å². The molecule has 0 bridgehead atoms. The number of anilines is 1. The normalized spacial score (nSPS) is 13.5. The number of allylic oxidation sites excluding steroid dienone is 1. The van der Waals surface area contributed by atoms with Crippen LogP contribution in [-0.2, 0) is 0 Å². The maximum atomic E-state index is 16.0. The molecule has 11 heteroatoms. The molecule has 0 amide bonds. The molecular formula is C26H21FN10. The highest BCUT2D eigenvalue weighted by Gasteiger charge is 2.25. The number of nitrogens with one attached hydrogen (secondary N) is 3. The van der Waals surface area contributed by atoms with Gasteiger partial charge in [-0.05, 0) is 31.7 Å². The first-order chi connectivity index (χ1) is 18.0. The molecule has 0 aromatic carbocycles. The van der Waals surface area contributed by atoms with Crippen LogP contribution in [0.2, 0.25) is 0 Å². The van der Waals surface area contributed by atoms with E-state index < -0.39 is 5.82 Å². The Kier molecular flexibility index (Phi) is 4.65. The van der Waals surface area contributed by atoms with E-state index in [-0.39, 0.29) is 11.1 Å². The molecular weight excluding hydrogens is 471 g/mol. The molecule has 1 aliphatic rings. The summed E-state index contributed by atoms with van der Waals surface area (Å²) in [4.78, 5) is 25.2. The van der Waals surface area contributed by atoms with Crippen LogP contribution in [0, 0.1) is 18.7 Å². The van der Waals surface area contributed by atoms with Gasteiger partial charge in [0.05, 0.1) is 64.6 Å². The van der Waals surface area contributed by atoms with Crippen molar-refractivity contribution >= 4 is 27.6 Å². The van der Waals surface area contributed by atoms with Crippen LogP contribution in [0.3, 0.4) is 0 Å². The minimum absolute atomic E-state index is 0.177. The zero-order valence-corrected chi connectivity index (χ0v) is 19.8. The number of H-pyrrole nitrogens is 2. The van der Waals surface area contributed by atoms with Crippen molar-refractivity contribution in [3.63, 3.8) is 0 Å². The highest BCUT2D eigenvalue weighted by Crippen LogP contribution is 2.37. The third-order valence-electron chi connectivity index (χ3n) is 6.52. The highest BCUT2D eigenvalue weighted by molar-refractivity contribution is 5.96. The predicted octanol–water partition coefficient (Wildman–Crippen LogP) is 4.93. The van der Waals surface area contributed by atoms with E-state index >= 15 is 4.39 Å². The standard InChI is InChI=1S/C26H21FN10/c1-13-11-37(12-31-13)20-10-29-8-19-24(20)34-26(33-19)25-21-18(35-36-25)9-30-23(22(21)27)16-5-17(7-28-6-16)32-14(2)15-3-4-15/h5-12,15,32H,2-4H2,1H3,(H,33,34)(H,35,36). The molecule has 0 aliphatic heterocycles. The minimum Gasteiger partial charge on any atom is -0.358 e. The van der Waals surface area contributed by atoms with Crippen molar-refractivity contribution in [3.05, 3.63) is 73.4 Å². The van der Waals surface area contributed by atoms with Crippen molar-refractivity contribution in [2.24, 2.45) is 5.92 Å². The molecule has 0 spiro atoms. The molecule has 182 valence electrons. The van der Waals surface area contributed by atoms with Crippen LogP contribution < -0.4 is 5.32 Å². The molecule has 3 N–H and O–H groups in total. The topological polar surface area (TPSA) is 126 Å². The van der Waals surface area contributed by atoms with Crippen LogP contribution in [0.5, 0.6) is 0 Å². The number of hydrogen-bond donors (Lipinski definition) is 3. The molecule has 0 atom stereocenters. The van der Waals surface area contributed by atoms with Crippen molar-refractivity contribution in [3.8, 4) is 28.5 Å². The van der Waals surface area contributed by atoms with E-state index in [2.05, 4.69) is 47.0 Å². The van der Waals surface area contributed by atoms with Gasteiger partial charge in [0.2, 0.25) is 0 Å². The lowest BCUT2D eigenvalue weighted by Gasteiger charge is -2.10. The van der Waals surface area contributed by atoms with Crippen molar-refractivity contribution < 1.29 is 4.39 Å². The van der Waals surface area contributed by atoms with Crippen molar-refractivity contribution in [1.29, 1.82) is 0 Å². The number of aromatic amines is 2. The number of halogens is 1. The van der Waals surface area contributed by atoms with Crippen molar-refractivity contribution in [2.45, 2.75) is 19.8 Å². The van der Waals surface area contributed by atoms with Gasteiger partial charge in [-0.3, -0.25) is 20.1 Å². The fourth-order valence-corrected chi connectivity index (χ4v) is 4.48. The number of imidazole rings is 2. The number of fused-ring (bicyclic) bond motifs is 2. The fraction of sp³-hybridized carbons (Fsp3) is 0.154. The fourth-order valence-electron chi connectivity index (χ4n) is 4.48. The van der Waals surface area contributed by atoms with E-state index in [4.69, 9.17) is 4.98 Å². The summed E-state index contributed by atoms with van der Waals surface area (Å²) in [6.07, 6.45) is 14.1. The third-order valence-corrected chi connectivity index (χ3v) is 6.52. The summed E-state index contributed by atoms with van der Waals surface area (Å²) in [5, 5.41) is 10.8. The Morgan fingerprint density at radius 1 is 1.08 bits per heavy atom. The lowest BCUT2D eigenvalue weighted by atomic mass is 10.1. The van der Waals surface area contributed by atoms with Gasteiger partial charge in [0.15, 0.2) is 11.6 Å². The van der Waals surface area contributed by atoms with E-state index in [9.17, 15) is 0 Å². The molecule has 0 radical (unpaired) electrons. The van der Waals surface area contributed by atoms with Gasteiger partial charge in [0.25, 0.3) is 0 Å². The Bertz CT molecular complexity index is 1820. The summed E-state index contributed by atoms with van der Waals surface area (Å²) in [6.45, 7) is 6.01. The highest BCUT2D eigenvalue weighted by atomic mass is 19.1. The second-order valence-electron chi connectivity index (χ2n) is 9.23. The van der Waals surface area contributed by atoms with Crippen molar-refractivity contribution in [2.75, 3.05) is 5.32 Å². The quantitative estimate of drug-likeness (QED) is 0.301. The molecule has 1 fully saturated rings. The van der Waals surface area contributed by atoms with E-state index in [0.29, 0.717) is 39.5 Å². The van der Waals surface area contributed by atoms with E-state index in [1.165, 1.54) is 0 Å². The summed E-state index contributed by atoms with van der Waals surface area (Å²) in [7, 11) is 0. The van der Waals surface area contributed by atoms with Crippen LogP contribution in [0.1, 0.15) is 18.5 Å². The lowest BCUT2D eigenvalue weighted by Crippen LogP contribution is -2.01. The molecule has 1 aliphatic carbocycles. The maximum absolute atomic E-state index is 16.0. The second-order valence-corrected chi connectivity index (χ2v) is 9.23. The number of pyridine rings is 3. The zero-order chi connectivity index (χ0) is 25.1. The molecule has 10 nitrogen and oxygen atoms in total.